The number of hydrogen-bond donors (Lipinski definition) is 3. The van der Waals surface area contributed by atoms with Gasteiger partial charge in [-0.25, -0.2) is 19.7 Å². The quantitative estimate of drug-likeness (QED) is 0.227. The molecule has 10 nitrogen and oxygen atoms in total. The molecule has 3 heterocycles. The minimum absolute atomic E-state index is 0.0723. The third kappa shape index (κ3) is 5.22. The molecule has 220 valence electrons. The van der Waals surface area contributed by atoms with Gasteiger partial charge in [-0.1, -0.05) is 30.7 Å². The highest BCUT2D eigenvalue weighted by molar-refractivity contribution is 6.06. The molecule has 2 atom stereocenters. The van der Waals surface area contributed by atoms with Crippen molar-refractivity contribution in [2.24, 2.45) is 11.3 Å². The minimum atomic E-state index is -0.915. The standard InChI is InChI=1S/C33H34N6O4/c1-20-10-11-22-23(7-2-9-26(22)37-29(40)25-18-33(25)13-5-14-33)28(20)43-30-24(8-3-15-34-30)27-12-16-35-31(38-27)36-21-6-4-17-39(19-21)32(41)42/h2-3,7-12,15-16,21,25H,4-6,13-14,17-19H2,1H3,(H,37,40)(H,41,42)(H,35,36,38)/t21-,25+/m0/s1. The highest BCUT2D eigenvalue weighted by atomic mass is 16.5. The number of aromatic nitrogens is 3. The summed E-state index contributed by atoms with van der Waals surface area (Å²) >= 11 is 0. The zero-order chi connectivity index (χ0) is 29.6. The number of hydrogen-bond acceptors (Lipinski definition) is 7. The molecule has 4 aromatic rings. The van der Waals surface area contributed by atoms with E-state index in [9.17, 15) is 14.7 Å². The largest absolute Gasteiger partial charge is 0.465 e. The van der Waals surface area contributed by atoms with Crippen molar-refractivity contribution < 1.29 is 19.4 Å². The van der Waals surface area contributed by atoms with Gasteiger partial charge in [-0.3, -0.25) is 4.79 Å². The van der Waals surface area contributed by atoms with Crippen LogP contribution in [0.4, 0.5) is 16.4 Å². The van der Waals surface area contributed by atoms with Gasteiger partial charge in [0.25, 0.3) is 0 Å². The number of nitrogens with one attached hydrogen (secondary N) is 2. The zero-order valence-electron chi connectivity index (χ0n) is 24.0. The Labute approximate surface area is 249 Å². The maximum atomic E-state index is 13.1. The first-order chi connectivity index (χ1) is 20.9. The summed E-state index contributed by atoms with van der Waals surface area (Å²) in [6, 6.07) is 15.4. The van der Waals surface area contributed by atoms with Gasteiger partial charge < -0.3 is 25.4 Å². The molecule has 0 bridgehead atoms. The molecule has 1 spiro atoms. The Hall–Kier alpha value is -4.73. The Morgan fingerprint density at radius 2 is 1.91 bits per heavy atom. The Kier molecular flexibility index (Phi) is 6.83. The first kappa shape index (κ1) is 27.1. The number of carboxylic acid groups (broad SMARTS) is 1. The lowest BCUT2D eigenvalue weighted by atomic mass is 9.79. The topological polar surface area (TPSA) is 130 Å². The van der Waals surface area contributed by atoms with Gasteiger partial charge in [0.1, 0.15) is 5.75 Å². The fourth-order valence-electron chi connectivity index (χ4n) is 6.60. The summed E-state index contributed by atoms with van der Waals surface area (Å²) in [4.78, 5) is 39.6. The lowest BCUT2D eigenvalue weighted by Crippen LogP contribution is -2.44. The molecule has 2 amide bonds. The van der Waals surface area contributed by atoms with Crippen LogP contribution >= 0.6 is 0 Å². The van der Waals surface area contributed by atoms with E-state index in [-0.39, 0.29) is 23.3 Å². The Morgan fingerprint density at radius 3 is 2.70 bits per heavy atom. The fraction of sp³-hybridized carbons (Fsp3) is 0.364. The predicted molar refractivity (Wildman–Crippen MR) is 163 cm³/mol. The molecule has 3 N–H and O–H groups in total. The summed E-state index contributed by atoms with van der Waals surface area (Å²) in [5, 5.41) is 17.7. The lowest BCUT2D eigenvalue weighted by Gasteiger charge is -2.31. The van der Waals surface area contributed by atoms with Gasteiger partial charge in [0.05, 0.1) is 11.3 Å². The number of anilines is 2. The van der Waals surface area contributed by atoms with Crippen LogP contribution < -0.4 is 15.4 Å². The first-order valence-electron chi connectivity index (χ1n) is 14.9. The van der Waals surface area contributed by atoms with Gasteiger partial charge in [-0.15, -0.1) is 0 Å². The minimum Gasteiger partial charge on any atom is -0.465 e. The molecule has 2 aliphatic carbocycles. The van der Waals surface area contributed by atoms with Crippen molar-refractivity contribution in [2.75, 3.05) is 23.7 Å². The molecule has 10 heteroatoms. The number of rotatable bonds is 7. The number of nitrogens with zero attached hydrogens (tertiary/aromatic N) is 4. The Morgan fingerprint density at radius 1 is 1.02 bits per heavy atom. The molecule has 0 unspecified atom stereocenters. The molecule has 3 fully saturated rings. The van der Waals surface area contributed by atoms with Crippen LogP contribution in [-0.4, -0.2) is 56.1 Å². The lowest BCUT2D eigenvalue weighted by molar-refractivity contribution is -0.118. The third-order valence-corrected chi connectivity index (χ3v) is 9.25. The number of piperidine rings is 1. The second-order valence-electron chi connectivity index (χ2n) is 12.0. The number of pyridine rings is 1. The van der Waals surface area contributed by atoms with Gasteiger partial charge >= 0.3 is 6.09 Å². The van der Waals surface area contributed by atoms with Crippen LogP contribution in [0.15, 0.2) is 60.9 Å². The van der Waals surface area contributed by atoms with E-state index in [1.807, 2.05) is 49.4 Å². The van der Waals surface area contributed by atoms with Gasteiger partial charge in [0.15, 0.2) is 0 Å². The Bertz CT molecular complexity index is 1720. The number of aryl methyl sites for hydroxylation is 1. The van der Waals surface area contributed by atoms with Crippen LogP contribution in [-0.2, 0) is 4.79 Å². The molecular weight excluding hydrogens is 544 g/mol. The molecule has 1 saturated heterocycles. The number of carbonyl (C=O) groups excluding carboxylic acids is 1. The van der Waals surface area contributed by atoms with Crippen LogP contribution in [0.3, 0.4) is 0 Å². The number of carbonyl (C=O) groups is 2. The fourth-order valence-corrected chi connectivity index (χ4v) is 6.60. The Balaban J connectivity index is 1.15. The number of benzene rings is 2. The number of ether oxygens (including phenoxy) is 1. The SMILES string of the molecule is Cc1ccc2c(NC(=O)[C@H]3CC34CCC4)cccc2c1Oc1ncccc1-c1ccnc(N[C@H]2CCCN(C(=O)O)C2)n1. The third-order valence-electron chi connectivity index (χ3n) is 9.25. The van der Waals surface area contributed by atoms with E-state index in [1.54, 1.807) is 18.5 Å². The van der Waals surface area contributed by atoms with Crippen molar-refractivity contribution in [3.8, 4) is 22.9 Å². The summed E-state index contributed by atoms with van der Waals surface area (Å²) in [5.74, 6) is 1.72. The average molecular weight is 579 g/mol. The van der Waals surface area contributed by atoms with E-state index in [1.165, 1.54) is 11.3 Å². The maximum absolute atomic E-state index is 13.1. The molecular formula is C33H34N6O4. The van der Waals surface area contributed by atoms with E-state index in [4.69, 9.17) is 9.72 Å². The van der Waals surface area contributed by atoms with E-state index in [0.717, 1.165) is 54.1 Å². The summed E-state index contributed by atoms with van der Waals surface area (Å²) in [7, 11) is 0. The van der Waals surface area contributed by atoms with Gasteiger partial charge in [-0.05, 0) is 74.3 Å². The van der Waals surface area contributed by atoms with Crippen LogP contribution in [0.2, 0.25) is 0 Å². The monoisotopic (exact) mass is 578 g/mol. The van der Waals surface area contributed by atoms with E-state index in [0.29, 0.717) is 41.9 Å². The molecule has 43 heavy (non-hydrogen) atoms. The van der Waals surface area contributed by atoms with Crippen LogP contribution in [0.5, 0.6) is 11.6 Å². The molecule has 2 saturated carbocycles. The molecule has 0 radical (unpaired) electrons. The van der Waals surface area contributed by atoms with Crippen molar-refractivity contribution in [1.29, 1.82) is 0 Å². The summed E-state index contributed by atoms with van der Waals surface area (Å²) in [6.07, 6.45) is 8.61. The van der Waals surface area contributed by atoms with Crippen molar-refractivity contribution in [1.82, 2.24) is 19.9 Å². The highest BCUT2D eigenvalue weighted by Gasteiger charge is 2.60. The average Bonchev–Trinajstić information content (AvgIpc) is 3.77. The maximum Gasteiger partial charge on any atom is 0.407 e. The smallest absolute Gasteiger partial charge is 0.407 e. The van der Waals surface area contributed by atoms with E-state index in [2.05, 4.69) is 20.6 Å². The second kappa shape index (κ2) is 10.8. The normalized spacial score (nSPS) is 20.3. The molecule has 3 aliphatic rings. The van der Waals surface area contributed by atoms with E-state index >= 15 is 0 Å². The van der Waals surface area contributed by atoms with Crippen LogP contribution in [0, 0.1) is 18.3 Å². The van der Waals surface area contributed by atoms with Crippen molar-refractivity contribution in [3.63, 3.8) is 0 Å². The van der Waals surface area contributed by atoms with Gasteiger partial charge in [0, 0.05) is 53.9 Å². The predicted octanol–water partition coefficient (Wildman–Crippen LogP) is 6.48. The highest BCUT2D eigenvalue weighted by Crippen LogP contribution is 2.65. The number of amides is 2. The zero-order valence-corrected chi connectivity index (χ0v) is 24.0. The first-order valence-corrected chi connectivity index (χ1v) is 14.9. The molecule has 2 aromatic heterocycles. The van der Waals surface area contributed by atoms with Crippen LogP contribution in [0.1, 0.15) is 44.1 Å². The second-order valence-corrected chi connectivity index (χ2v) is 12.0. The van der Waals surface area contributed by atoms with Gasteiger partial charge in [0.2, 0.25) is 17.7 Å². The molecule has 2 aromatic carbocycles. The van der Waals surface area contributed by atoms with Gasteiger partial charge in [-0.2, -0.15) is 0 Å². The van der Waals surface area contributed by atoms with Crippen molar-refractivity contribution >= 4 is 34.4 Å². The molecule has 7 rings (SSSR count). The number of likely N-dealkylation sites (tertiary alicyclic amines) is 1. The summed E-state index contributed by atoms with van der Waals surface area (Å²) in [6.45, 7) is 2.91. The van der Waals surface area contributed by atoms with Crippen LogP contribution in [0.25, 0.3) is 22.0 Å². The number of fused-ring (bicyclic) bond motifs is 1. The van der Waals surface area contributed by atoms with E-state index < -0.39 is 6.09 Å². The van der Waals surface area contributed by atoms with Crippen molar-refractivity contribution in [3.05, 3.63) is 66.5 Å². The summed E-state index contributed by atoms with van der Waals surface area (Å²) in [5.41, 5.74) is 3.32. The molecule has 1 aliphatic heterocycles. The van der Waals surface area contributed by atoms with Crippen molar-refractivity contribution in [2.45, 2.75) is 51.5 Å². The summed E-state index contributed by atoms with van der Waals surface area (Å²) < 4.78 is 6.54.